The van der Waals surface area contributed by atoms with E-state index < -0.39 is 12.8 Å². The molecule has 0 bridgehead atoms. The van der Waals surface area contributed by atoms with Crippen molar-refractivity contribution in [2.75, 3.05) is 13.2 Å². The van der Waals surface area contributed by atoms with Gasteiger partial charge in [-0.15, -0.1) is 6.58 Å². The van der Waals surface area contributed by atoms with Crippen LogP contribution in [0.25, 0.3) is 0 Å². The lowest BCUT2D eigenvalue weighted by molar-refractivity contribution is -0.188. The molecule has 2 nitrogen and oxygen atoms in total. The maximum absolute atomic E-state index is 11.3. The minimum atomic E-state index is -4.27. The van der Waals surface area contributed by atoms with E-state index in [2.05, 4.69) is 16.9 Å². The van der Waals surface area contributed by atoms with Gasteiger partial charge in [-0.1, -0.05) is 6.08 Å². The Labute approximate surface area is 56.6 Å². The highest BCUT2D eigenvalue weighted by Crippen LogP contribution is 2.13. The Morgan fingerprint density at radius 2 is 2.10 bits per heavy atom. The second kappa shape index (κ2) is 4.29. The number of rotatable bonds is 4. The maximum atomic E-state index is 11.3. The fourth-order valence-electron chi connectivity index (χ4n) is 0.251. The summed E-state index contributed by atoms with van der Waals surface area (Å²) in [6.07, 6.45) is -2.87. The molecule has 0 aliphatic heterocycles. The van der Waals surface area contributed by atoms with Crippen LogP contribution in [0.3, 0.4) is 0 Å². The summed E-state index contributed by atoms with van der Waals surface area (Å²) in [6.45, 7) is 2.20. The standard InChI is InChI=1S/C5H8F3NO/c1-2-3-9-10-4-5(6,7)8/h2,9H,1,3-4H2. The monoisotopic (exact) mass is 155 g/mol. The normalized spacial score (nSPS) is 11.5. The van der Waals surface area contributed by atoms with Crippen molar-refractivity contribution in [3.8, 4) is 0 Å². The van der Waals surface area contributed by atoms with Gasteiger partial charge in [-0.2, -0.15) is 18.7 Å². The molecule has 0 heterocycles. The van der Waals surface area contributed by atoms with Crippen LogP contribution in [0.2, 0.25) is 0 Å². The van der Waals surface area contributed by atoms with Crippen LogP contribution in [-0.4, -0.2) is 19.3 Å². The van der Waals surface area contributed by atoms with Crippen LogP contribution in [0.15, 0.2) is 12.7 Å². The van der Waals surface area contributed by atoms with Crippen molar-refractivity contribution in [1.29, 1.82) is 0 Å². The van der Waals surface area contributed by atoms with Gasteiger partial charge in [-0.3, -0.25) is 4.84 Å². The van der Waals surface area contributed by atoms with E-state index in [0.29, 0.717) is 0 Å². The first-order chi connectivity index (χ1) is 4.56. The third kappa shape index (κ3) is 7.45. The third-order valence-corrected chi connectivity index (χ3v) is 0.566. The number of hydroxylamine groups is 1. The molecule has 0 spiro atoms. The molecule has 0 unspecified atom stereocenters. The minimum absolute atomic E-state index is 0.204. The smallest absolute Gasteiger partial charge is 0.292 e. The quantitative estimate of drug-likeness (QED) is 0.375. The minimum Gasteiger partial charge on any atom is -0.292 e. The molecule has 0 rings (SSSR count). The first-order valence-electron chi connectivity index (χ1n) is 2.58. The Morgan fingerprint density at radius 3 is 2.50 bits per heavy atom. The van der Waals surface area contributed by atoms with Crippen molar-refractivity contribution in [3.63, 3.8) is 0 Å². The van der Waals surface area contributed by atoms with Crippen LogP contribution in [0.5, 0.6) is 0 Å². The molecule has 0 aromatic carbocycles. The molecular weight excluding hydrogens is 147 g/mol. The molecule has 0 atom stereocenters. The van der Waals surface area contributed by atoms with Gasteiger partial charge in [0.05, 0.1) is 0 Å². The van der Waals surface area contributed by atoms with Crippen LogP contribution in [-0.2, 0) is 4.84 Å². The van der Waals surface area contributed by atoms with Crippen molar-refractivity contribution < 1.29 is 18.0 Å². The van der Waals surface area contributed by atoms with E-state index in [1.54, 1.807) is 0 Å². The van der Waals surface area contributed by atoms with E-state index in [1.165, 1.54) is 6.08 Å². The van der Waals surface area contributed by atoms with Gasteiger partial charge < -0.3 is 0 Å². The molecule has 0 aliphatic carbocycles. The van der Waals surface area contributed by atoms with Gasteiger partial charge in [0.25, 0.3) is 0 Å². The fourth-order valence-corrected chi connectivity index (χ4v) is 0.251. The lowest BCUT2D eigenvalue weighted by atomic mass is 10.7. The number of halogens is 3. The molecule has 0 aliphatic rings. The highest BCUT2D eigenvalue weighted by Gasteiger charge is 2.27. The molecule has 0 saturated carbocycles. The van der Waals surface area contributed by atoms with E-state index in [9.17, 15) is 13.2 Å². The molecule has 0 radical (unpaired) electrons. The molecule has 0 aromatic heterocycles. The molecule has 60 valence electrons. The Morgan fingerprint density at radius 1 is 1.50 bits per heavy atom. The number of hydrogen-bond donors (Lipinski definition) is 1. The average molecular weight is 155 g/mol. The average Bonchev–Trinajstić information content (AvgIpc) is 1.78. The molecular formula is C5H8F3NO. The van der Waals surface area contributed by atoms with Gasteiger partial charge >= 0.3 is 6.18 Å². The summed E-state index contributed by atoms with van der Waals surface area (Å²) >= 11 is 0. The predicted octanol–water partition coefficient (Wildman–Crippen LogP) is 1.26. The first kappa shape index (κ1) is 9.45. The van der Waals surface area contributed by atoms with E-state index in [4.69, 9.17) is 0 Å². The van der Waals surface area contributed by atoms with Crippen molar-refractivity contribution in [3.05, 3.63) is 12.7 Å². The summed E-state index contributed by atoms with van der Waals surface area (Å²) in [5.41, 5.74) is 2.05. The molecule has 0 aromatic rings. The number of nitrogens with one attached hydrogen (secondary N) is 1. The van der Waals surface area contributed by atoms with E-state index >= 15 is 0 Å². The summed E-state index contributed by atoms with van der Waals surface area (Å²) in [6, 6.07) is 0. The second-order valence-electron chi connectivity index (χ2n) is 1.54. The second-order valence-corrected chi connectivity index (χ2v) is 1.54. The molecule has 0 saturated heterocycles. The Balaban J connectivity index is 3.12. The summed E-state index contributed by atoms with van der Waals surface area (Å²) in [7, 11) is 0. The Kier molecular flexibility index (Phi) is 4.06. The fraction of sp³-hybridized carbons (Fsp3) is 0.600. The summed E-state index contributed by atoms with van der Waals surface area (Å²) in [5.74, 6) is 0. The van der Waals surface area contributed by atoms with Crippen LogP contribution in [0.4, 0.5) is 13.2 Å². The highest BCUT2D eigenvalue weighted by molar-refractivity contribution is 4.66. The molecule has 1 N–H and O–H groups in total. The van der Waals surface area contributed by atoms with E-state index in [-0.39, 0.29) is 6.54 Å². The third-order valence-electron chi connectivity index (χ3n) is 0.566. The van der Waals surface area contributed by atoms with E-state index in [0.717, 1.165) is 0 Å². The lowest BCUT2D eigenvalue weighted by Crippen LogP contribution is -2.24. The van der Waals surface area contributed by atoms with E-state index in [1.807, 2.05) is 0 Å². The van der Waals surface area contributed by atoms with Crippen LogP contribution < -0.4 is 5.48 Å². The van der Waals surface area contributed by atoms with Gasteiger partial charge in [0.15, 0.2) is 6.61 Å². The Hall–Kier alpha value is -0.550. The van der Waals surface area contributed by atoms with Crippen molar-refractivity contribution in [2.24, 2.45) is 0 Å². The maximum Gasteiger partial charge on any atom is 0.413 e. The zero-order valence-corrected chi connectivity index (χ0v) is 5.24. The van der Waals surface area contributed by atoms with Crippen molar-refractivity contribution >= 4 is 0 Å². The summed E-state index contributed by atoms with van der Waals surface area (Å²) < 4.78 is 33.9. The highest BCUT2D eigenvalue weighted by atomic mass is 19.4. The van der Waals surface area contributed by atoms with Crippen LogP contribution in [0.1, 0.15) is 0 Å². The van der Waals surface area contributed by atoms with Crippen molar-refractivity contribution in [2.45, 2.75) is 6.18 Å². The zero-order valence-electron chi connectivity index (χ0n) is 5.24. The van der Waals surface area contributed by atoms with Crippen LogP contribution >= 0.6 is 0 Å². The number of alkyl halides is 3. The van der Waals surface area contributed by atoms with Crippen molar-refractivity contribution in [1.82, 2.24) is 5.48 Å². The number of hydrogen-bond acceptors (Lipinski definition) is 2. The molecule has 5 heteroatoms. The van der Waals surface area contributed by atoms with Gasteiger partial charge in [-0.05, 0) is 0 Å². The van der Waals surface area contributed by atoms with Crippen LogP contribution in [0, 0.1) is 0 Å². The topological polar surface area (TPSA) is 21.3 Å². The Bertz CT molecular complexity index is 102. The zero-order chi connectivity index (χ0) is 8.04. The van der Waals surface area contributed by atoms with Gasteiger partial charge in [0, 0.05) is 6.54 Å². The lowest BCUT2D eigenvalue weighted by Gasteiger charge is -2.05. The largest absolute Gasteiger partial charge is 0.413 e. The SMILES string of the molecule is C=CCNOCC(F)(F)F. The predicted molar refractivity (Wildman–Crippen MR) is 30.2 cm³/mol. The molecule has 0 amide bonds. The summed E-state index contributed by atoms with van der Waals surface area (Å²) in [5, 5.41) is 0. The summed E-state index contributed by atoms with van der Waals surface area (Å²) in [4.78, 5) is 3.99. The first-order valence-corrected chi connectivity index (χ1v) is 2.58. The van der Waals surface area contributed by atoms with Gasteiger partial charge in [-0.25, -0.2) is 0 Å². The van der Waals surface area contributed by atoms with Gasteiger partial charge in [0.1, 0.15) is 0 Å². The molecule has 10 heavy (non-hydrogen) atoms. The van der Waals surface area contributed by atoms with Gasteiger partial charge in [0.2, 0.25) is 0 Å². The molecule has 0 fully saturated rings.